The maximum atomic E-state index is 5.90. The van der Waals surface area contributed by atoms with E-state index in [4.69, 9.17) is 21.9 Å². The van der Waals surface area contributed by atoms with Crippen LogP contribution in [-0.4, -0.2) is 10.1 Å². The van der Waals surface area contributed by atoms with Gasteiger partial charge >= 0.3 is 0 Å². The predicted octanol–water partition coefficient (Wildman–Crippen LogP) is 3.87. The molecule has 5 heteroatoms. The lowest BCUT2D eigenvalue weighted by molar-refractivity contribution is 0.423. The second kappa shape index (κ2) is 5.58. The summed E-state index contributed by atoms with van der Waals surface area (Å²) in [6.45, 7) is 1.94. The van der Waals surface area contributed by atoms with Crippen LogP contribution in [0.15, 0.2) is 47.0 Å². The van der Waals surface area contributed by atoms with E-state index in [0.29, 0.717) is 28.8 Å². The number of rotatable bonds is 3. The van der Waals surface area contributed by atoms with Crippen molar-refractivity contribution in [1.82, 2.24) is 10.1 Å². The van der Waals surface area contributed by atoms with Crippen molar-refractivity contribution in [2.45, 2.75) is 13.3 Å². The molecule has 0 unspecified atom stereocenters. The highest BCUT2D eigenvalue weighted by molar-refractivity contribution is 6.30. The van der Waals surface area contributed by atoms with Crippen LogP contribution in [0.3, 0.4) is 0 Å². The van der Waals surface area contributed by atoms with E-state index in [1.54, 1.807) is 0 Å². The molecule has 21 heavy (non-hydrogen) atoms. The van der Waals surface area contributed by atoms with Crippen molar-refractivity contribution < 1.29 is 4.52 Å². The first-order valence-electron chi connectivity index (χ1n) is 6.56. The molecule has 0 saturated heterocycles. The monoisotopic (exact) mass is 299 g/mol. The van der Waals surface area contributed by atoms with Crippen LogP contribution in [-0.2, 0) is 6.42 Å². The lowest BCUT2D eigenvalue weighted by Crippen LogP contribution is -1.93. The first-order valence-corrected chi connectivity index (χ1v) is 6.94. The van der Waals surface area contributed by atoms with Gasteiger partial charge in [-0.05, 0) is 42.3 Å². The van der Waals surface area contributed by atoms with E-state index in [1.165, 1.54) is 0 Å². The van der Waals surface area contributed by atoms with Gasteiger partial charge < -0.3 is 10.3 Å². The lowest BCUT2D eigenvalue weighted by Gasteiger charge is -2.03. The summed E-state index contributed by atoms with van der Waals surface area (Å²) in [6.07, 6.45) is 0.599. The molecule has 0 spiro atoms. The molecular weight excluding hydrogens is 286 g/mol. The average molecular weight is 300 g/mol. The number of nitrogen functional groups attached to an aromatic ring is 1. The molecule has 0 saturated carbocycles. The average Bonchev–Trinajstić information content (AvgIpc) is 2.93. The summed E-state index contributed by atoms with van der Waals surface area (Å²) in [6, 6.07) is 13.2. The number of nitrogens with two attached hydrogens (primary N) is 1. The van der Waals surface area contributed by atoms with Crippen LogP contribution >= 0.6 is 11.6 Å². The molecule has 2 aromatic carbocycles. The second-order valence-corrected chi connectivity index (χ2v) is 5.28. The van der Waals surface area contributed by atoms with Crippen LogP contribution in [0, 0.1) is 6.92 Å². The van der Waals surface area contributed by atoms with Gasteiger partial charge in [-0.1, -0.05) is 35.0 Å². The highest BCUT2D eigenvalue weighted by Crippen LogP contribution is 2.25. The molecule has 0 aliphatic rings. The van der Waals surface area contributed by atoms with Crippen molar-refractivity contribution in [3.05, 3.63) is 64.4 Å². The minimum Gasteiger partial charge on any atom is -0.398 e. The van der Waals surface area contributed by atoms with Gasteiger partial charge in [-0.25, -0.2) is 0 Å². The topological polar surface area (TPSA) is 64.9 Å². The van der Waals surface area contributed by atoms with Crippen LogP contribution < -0.4 is 5.73 Å². The molecule has 1 heterocycles. The number of benzene rings is 2. The molecule has 3 aromatic rings. The number of halogens is 1. The Labute approximate surface area is 127 Å². The third-order valence-electron chi connectivity index (χ3n) is 3.35. The molecule has 0 aliphatic heterocycles. The van der Waals surface area contributed by atoms with Gasteiger partial charge in [-0.15, -0.1) is 0 Å². The van der Waals surface area contributed by atoms with Gasteiger partial charge in [-0.2, -0.15) is 4.98 Å². The third-order valence-corrected chi connectivity index (χ3v) is 3.60. The summed E-state index contributed by atoms with van der Waals surface area (Å²) in [5.74, 6) is 1.12. The summed E-state index contributed by atoms with van der Waals surface area (Å²) >= 11 is 5.87. The molecular formula is C16H14ClN3O. The summed E-state index contributed by atoms with van der Waals surface area (Å²) in [5.41, 5.74) is 9.50. The lowest BCUT2D eigenvalue weighted by atomic mass is 10.1. The Morgan fingerprint density at radius 2 is 1.90 bits per heavy atom. The number of nitrogens with zero attached hydrogens (tertiary/aromatic N) is 2. The summed E-state index contributed by atoms with van der Waals surface area (Å²) in [4.78, 5) is 4.43. The second-order valence-electron chi connectivity index (χ2n) is 4.84. The number of anilines is 1. The highest BCUT2D eigenvalue weighted by atomic mass is 35.5. The van der Waals surface area contributed by atoms with Crippen molar-refractivity contribution >= 4 is 17.3 Å². The summed E-state index contributed by atoms with van der Waals surface area (Å²) in [5, 5.41) is 4.73. The normalized spacial score (nSPS) is 10.8. The van der Waals surface area contributed by atoms with Gasteiger partial charge in [0.25, 0.3) is 5.89 Å². The highest BCUT2D eigenvalue weighted by Gasteiger charge is 2.12. The van der Waals surface area contributed by atoms with E-state index in [-0.39, 0.29) is 0 Å². The predicted molar refractivity (Wildman–Crippen MR) is 83.1 cm³/mol. The van der Waals surface area contributed by atoms with Gasteiger partial charge in [0.05, 0.1) is 0 Å². The van der Waals surface area contributed by atoms with E-state index in [9.17, 15) is 0 Å². The Bertz CT molecular complexity index is 765. The third kappa shape index (κ3) is 2.90. The van der Waals surface area contributed by atoms with Gasteiger partial charge in [0.15, 0.2) is 5.82 Å². The summed E-state index contributed by atoms with van der Waals surface area (Å²) < 4.78 is 5.34. The molecule has 4 nitrogen and oxygen atoms in total. The number of aromatic nitrogens is 2. The molecule has 0 amide bonds. The van der Waals surface area contributed by atoms with E-state index in [0.717, 1.165) is 16.7 Å². The first-order chi connectivity index (χ1) is 10.1. The zero-order valence-corrected chi connectivity index (χ0v) is 12.3. The van der Waals surface area contributed by atoms with Crippen LogP contribution in [0.25, 0.3) is 11.5 Å². The van der Waals surface area contributed by atoms with Crippen molar-refractivity contribution in [2.24, 2.45) is 0 Å². The maximum absolute atomic E-state index is 5.90. The molecule has 0 aliphatic carbocycles. The van der Waals surface area contributed by atoms with E-state index in [2.05, 4.69) is 10.1 Å². The van der Waals surface area contributed by atoms with Crippen LogP contribution in [0.4, 0.5) is 5.69 Å². The maximum Gasteiger partial charge on any atom is 0.258 e. The van der Waals surface area contributed by atoms with Gasteiger partial charge in [0, 0.05) is 22.7 Å². The van der Waals surface area contributed by atoms with E-state index in [1.807, 2.05) is 49.4 Å². The Morgan fingerprint density at radius 1 is 1.14 bits per heavy atom. The SMILES string of the molecule is Cc1c(N)cccc1-c1nc(Cc2ccc(Cl)cc2)no1. The van der Waals surface area contributed by atoms with Crippen LogP contribution in [0.1, 0.15) is 17.0 Å². The van der Waals surface area contributed by atoms with Gasteiger partial charge in [0.1, 0.15) is 0 Å². The van der Waals surface area contributed by atoms with E-state index < -0.39 is 0 Å². The van der Waals surface area contributed by atoms with Gasteiger partial charge in [0.2, 0.25) is 0 Å². The van der Waals surface area contributed by atoms with Gasteiger partial charge in [-0.3, -0.25) is 0 Å². The smallest absolute Gasteiger partial charge is 0.258 e. The Balaban J connectivity index is 1.86. The Kier molecular flexibility index (Phi) is 3.62. The fourth-order valence-electron chi connectivity index (χ4n) is 2.11. The zero-order chi connectivity index (χ0) is 14.8. The van der Waals surface area contributed by atoms with E-state index >= 15 is 0 Å². The minimum absolute atomic E-state index is 0.490. The molecule has 3 rings (SSSR count). The van der Waals surface area contributed by atoms with Crippen molar-refractivity contribution in [2.75, 3.05) is 5.73 Å². The molecule has 0 radical (unpaired) electrons. The Hall–Kier alpha value is -2.33. The standard InChI is InChI=1S/C16H14ClN3O/c1-10-13(3-2-4-14(10)18)16-19-15(20-21-16)9-11-5-7-12(17)8-6-11/h2-8H,9,18H2,1H3. The number of hydrogen-bond acceptors (Lipinski definition) is 4. The van der Waals surface area contributed by atoms with Crippen molar-refractivity contribution in [3.8, 4) is 11.5 Å². The molecule has 106 valence electrons. The molecule has 1 aromatic heterocycles. The molecule has 0 fully saturated rings. The van der Waals surface area contributed by atoms with Crippen molar-refractivity contribution in [1.29, 1.82) is 0 Å². The van der Waals surface area contributed by atoms with Crippen molar-refractivity contribution in [3.63, 3.8) is 0 Å². The van der Waals surface area contributed by atoms with Crippen LogP contribution in [0.5, 0.6) is 0 Å². The quantitative estimate of drug-likeness (QED) is 0.746. The zero-order valence-electron chi connectivity index (χ0n) is 11.5. The number of hydrogen-bond donors (Lipinski definition) is 1. The summed E-state index contributed by atoms with van der Waals surface area (Å²) in [7, 11) is 0. The minimum atomic E-state index is 0.490. The fraction of sp³-hybridized carbons (Fsp3) is 0.125. The van der Waals surface area contributed by atoms with Crippen LogP contribution in [0.2, 0.25) is 5.02 Å². The first kappa shape index (κ1) is 13.6. The molecule has 0 bridgehead atoms. The molecule has 0 atom stereocenters. The Morgan fingerprint density at radius 3 is 2.67 bits per heavy atom. The fourth-order valence-corrected chi connectivity index (χ4v) is 2.23. The largest absolute Gasteiger partial charge is 0.398 e. The molecule has 2 N–H and O–H groups in total.